The number of fused-ring (bicyclic) bond motifs is 5. The van der Waals surface area contributed by atoms with E-state index in [2.05, 4.69) is 26.8 Å². The van der Waals surface area contributed by atoms with Crippen molar-refractivity contribution < 1.29 is 5.11 Å². The Morgan fingerprint density at radius 1 is 1.09 bits per heavy atom. The van der Waals surface area contributed by atoms with Crippen LogP contribution in [-0.2, 0) is 0 Å². The van der Waals surface area contributed by atoms with Crippen molar-refractivity contribution in [3.05, 3.63) is 11.6 Å². The van der Waals surface area contributed by atoms with E-state index in [1.54, 1.807) is 5.57 Å². The first-order chi connectivity index (χ1) is 10.5. The summed E-state index contributed by atoms with van der Waals surface area (Å²) in [6.07, 6.45) is 14.3. The summed E-state index contributed by atoms with van der Waals surface area (Å²) in [7, 11) is 0. The van der Waals surface area contributed by atoms with Crippen molar-refractivity contribution in [2.24, 2.45) is 34.5 Å². The van der Waals surface area contributed by atoms with Gasteiger partial charge in [0.05, 0.1) is 6.10 Å². The molecule has 1 heteroatoms. The highest BCUT2D eigenvalue weighted by Crippen LogP contribution is 2.66. The first-order valence-corrected chi connectivity index (χ1v) is 9.88. The van der Waals surface area contributed by atoms with Crippen molar-refractivity contribution in [3.8, 4) is 0 Å². The van der Waals surface area contributed by atoms with E-state index >= 15 is 0 Å². The number of rotatable bonds is 1. The maximum Gasteiger partial charge on any atom is 0.0576 e. The molecule has 1 nitrogen and oxygen atoms in total. The Hall–Kier alpha value is -0.300. The lowest BCUT2D eigenvalue weighted by atomic mass is 9.44. The molecule has 0 aromatic carbocycles. The highest BCUT2D eigenvalue weighted by atomic mass is 16.3. The molecular formula is C21H34O. The second-order valence-electron chi connectivity index (χ2n) is 9.31. The Morgan fingerprint density at radius 3 is 2.68 bits per heavy atom. The van der Waals surface area contributed by atoms with E-state index in [9.17, 15) is 5.11 Å². The SMILES string of the molecule is CCC1=CCC2C3CC(O)C4CCCCC4(C)C3CCC12C. The van der Waals surface area contributed by atoms with Crippen molar-refractivity contribution in [1.82, 2.24) is 0 Å². The zero-order chi connectivity index (χ0) is 15.5. The minimum absolute atomic E-state index is 0.0282. The fourth-order valence-electron chi connectivity index (χ4n) is 7.56. The van der Waals surface area contributed by atoms with Crippen molar-refractivity contribution in [2.75, 3.05) is 0 Å². The van der Waals surface area contributed by atoms with Crippen LogP contribution in [0.3, 0.4) is 0 Å². The molecule has 0 aromatic heterocycles. The summed E-state index contributed by atoms with van der Waals surface area (Å²) in [5, 5.41) is 10.9. The summed E-state index contributed by atoms with van der Waals surface area (Å²) in [5.41, 5.74) is 2.60. The van der Waals surface area contributed by atoms with Crippen molar-refractivity contribution in [2.45, 2.75) is 84.7 Å². The summed E-state index contributed by atoms with van der Waals surface area (Å²) in [6.45, 7) is 7.42. The number of aliphatic hydroxyl groups excluding tert-OH is 1. The van der Waals surface area contributed by atoms with Gasteiger partial charge in [0.25, 0.3) is 0 Å². The quantitative estimate of drug-likeness (QED) is 0.648. The fourth-order valence-corrected chi connectivity index (χ4v) is 7.56. The molecule has 7 atom stereocenters. The predicted octanol–water partition coefficient (Wildman–Crippen LogP) is 5.34. The van der Waals surface area contributed by atoms with Crippen LogP contribution < -0.4 is 0 Å². The molecule has 7 unspecified atom stereocenters. The van der Waals surface area contributed by atoms with E-state index in [1.807, 2.05) is 0 Å². The average Bonchev–Trinajstić information content (AvgIpc) is 2.84. The first kappa shape index (κ1) is 15.2. The van der Waals surface area contributed by atoms with Gasteiger partial charge in [0.15, 0.2) is 0 Å². The van der Waals surface area contributed by atoms with Crippen LogP contribution in [-0.4, -0.2) is 11.2 Å². The third kappa shape index (κ3) is 1.87. The monoisotopic (exact) mass is 302 g/mol. The lowest BCUT2D eigenvalue weighted by Gasteiger charge is -2.61. The topological polar surface area (TPSA) is 20.2 Å². The van der Waals surface area contributed by atoms with Gasteiger partial charge in [-0.05, 0) is 79.4 Å². The van der Waals surface area contributed by atoms with Gasteiger partial charge < -0.3 is 5.11 Å². The Labute approximate surface area is 136 Å². The number of aliphatic hydroxyl groups is 1. The maximum absolute atomic E-state index is 10.9. The third-order valence-electron chi connectivity index (χ3n) is 8.71. The van der Waals surface area contributed by atoms with E-state index < -0.39 is 0 Å². The highest BCUT2D eigenvalue weighted by Gasteiger charge is 2.59. The first-order valence-electron chi connectivity index (χ1n) is 9.88. The van der Waals surface area contributed by atoms with Crippen LogP contribution in [0.4, 0.5) is 0 Å². The van der Waals surface area contributed by atoms with Crippen LogP contribution in [0, 0.1) is 34.5 Å². The van der Waals surface area contributed by atoms with Gasteiger partial charge in [-0.1, -0.05) is 45.3 Å². The van der Waals surface area contributed by atoms with Crippen LogP contribution in [0.25, 0.3) is 0 Å². The molecule has 4 rings (SSSR count). The summed E-state index contributed by atoms with van der Waals surface area (Å²) >= 11 is 0. The van der Waals surface area contributed by atoms with Crippen molar-refractivity contribution in [1.29, 1.82) is 0 Å². The second-order valence-corrected chi connectivity index (χ2v) is 9.31. The number of allylic oxidation sites excluding steroid dienone is 2. The molecule has 0 spiro atoms. The van der Waals surface area contributed by atoms with Gasteiger partial charge in [-0.25, -0.2) is 0 Å². The molecule has 0 aliphatic heterocycles. The van der Waals surface area contributed by atoms with Crippen LogP contribution >= 0.6 is 0 Å². The van der Waals surface area contributed by atoms with Crippen LogP contribution in [0.1, 0.15) is 78.6 Å². The predicted molar refractivity (Wildman–Crippen MR) is 91.5 cm³/mol. The number of hydrogen-bond acceptors (Lipinski definition) is 1. The normalized spacial score (nSPS) is 54.2. The second kappa shape index (κ2) is 5.10. The van der Waals surface area contributed by atoms with Gasteiger partial charge in [-0.2, -0.15) is 0 Å². The Balaban J connectivity index is 1.67. The molecule has 0 radical (unpaired) electrons. The van der Waals surface area contributed by atoms with Crippen molar-refractivity contribution >= 4 is 0 Å². The summed E-state index contributed by atoms with van der Waals surface area (Å²) in [6, 6.07) is 0. The average molecular weight is 303 g/mol. The molecule has 0 heterocycles. The molecule has 0 saturated heterocycles. The standard InChI is InChI=1S/C21H34O/c1-4-14-8-9-16-15-13-19(22)18-7-5-6-11-21(18,3)17(15)10-12-20(14,16)2/h8,15-19,22H,4-7,9-13H2,1-3H3. The lowest BCUT2D eigenvalue weighted by molar-refractivity contribution is -0.150. The van der Waals surface area contributed by atoms with Gasteiger partial charge in [0.2, 0.25) is 0 Å². The highest BCUT2D eigenvalue weighted by molar-refractivity contribution is 5.25. The van der Waals surface area contributed by atoms with E-state index in [-0.39, 0.29) is 6.10 Å². The summed E-state index contributed by atoms with van der Waals surface area (Å²) in [5.74, 6) is 3.06. The maximum atomic E-state index is 10.9. The van der Waals surface area contributed by atoms with Gasteiger partial charge in [-0.15, -0.1) is 0 Å². The summed E-state index contributed by atoms with van der Waals surface area (Å²) in [4.78, 5) is 0. The Morgan fingerprint density at radius 2 is 1.91 bits per heavy atom. The van der Waals surface area contributed by atoms with Gasteiger partial charge in [0.1, 0.15) is 0 Å². The zero-order valence-corrected chi connectivity index (χ0v) is 14.8. The molecule has 4 aliphatic carbocycles. The smallest absolute Gasteiger partial charge is 0.0576 e. The van der Waals surface area contributed by atoms with E-state index in [0.29, 0.717) is 16.7 Å². The van der Waals surface area contributed by atoms with Crippen LogP contribution in [0.2, 0.25) is 0 Å². The zero-order valence-electron chi connectivity index (χ0n) is 14.8. The molecule has 3 saturated carbocycles. The summed E-state index contributed by atoms with van der Waals surface area (Å²) < 4.78 is 0. The molecule has 1 N–H and O–H groups in total. The third-order valence-corrected chi connectivity index (χ3v) is 8.71. The Bertz CT molecular complexity index is 480. The molecular weight excluding hydrogens is 268 g/mol. The lowest BCUT2D eigenvalue weighted by Crippen LogP contribution is -2.56. The molecule has 3 fully saturated rings. The molecule has 4 aliphatic rings. The molecule has 0 aromatic rings. The van der Waals surface area contributed by atoms with E-state index in [1.165, 1.54) is 51.4 Å². The van der Waals surface area contributed by atoms with Crippen LogP contribution in [0.15, 0.2) is 11.6 Å². The van der Waals surface area contributed by atoms with Crippen LogP contribution in [0.5, 0.6) is 0 Å². The largest absolute Gasteiger partial charge is 0.393 e. The van der Waals surface area contributed by atoms with Gasteiger partial charge in [-0.3, -0.25) is 0 Å². The fraction of sp³-hybridized carbons (Fsp3) is 0.905. The van der Waals surface area contributed by atoms with Gasteiger partial charge >= 0.3 is 0 Å². The van der Waals surface area contributed by atoms with E-state index in [0.717, 1.165) is 24.2 Å². The van der Waals surface area contributed by atoms with Gasteiger partial charge in [0, 0.05) is 0 Å². The Kier molecular flexibility index (Phi) is 3.53. The number of hydrogen-bond donors (Lipinski definition) is 1. The minimum atomic E-state index is -0.0282. The minimum Gasteiger partial charge on any atom is -0.393 e. The molecule has 0 bridgehead atoms. The molecule has 22 heavy (non-hydrogen) atoms. The van der Waals surface area contributed by atoms with Crippen molar-refractivity contribution in [3.63, 3.8) is 0 Å². The van der Waals surface area contributed by atoms with E-state index in [4.69, 9.17) is 0 Å². The molecule has 0 amide bonds. The molecule has 124 valence electrons.